The Morgan fingerprint density at radius 2 is 2.14 bits per heavy atom. The number of likely N-dealkylation sites (N-methyl/N-ethyl adjacent to an activating group) is 1. The number of phenols is 1. The zero-order chi connectivity index (χ0) is 15.6. The Kier molecular flexibility index (Phi) is 2.76. The Morgan fingerprint density at radius 1 is 1.36 bits per heavy atom. The minimum absolute atomic E-state index is 0.0863. The number of aryl methyl sites for hydroxylation is 1. The molecule has 1 fully saturated rings. The van der Waals surface area contributed by atoms with Crippen molar-refractivity contribution in [2.75, 3.05) is 13.6 Å². The highest BCUT2D eigenvalue weighted by molar-refractivity contribution is 5.89. The Hall–Kier alpha value is -2.05. The first-order chi connectivity index (χ1) is 10.5. The number of ether oxygens (including phenoxy) is 1. The molecule has 0 spiro atoms. The number of piperidine rings is 1. The average Bonchev–Trinajstić information content (AvgIpc) is 2.76. The second-order valence-electron chi connectivity index (χ2n) is 6.18. The number of fused-ring (bicyclic) bond motifs is 5. The van der Waals surface area contributed by atoms with Crippen molar-refractivity contribution in [3.8, 4) is 11.5 Å². The van der Waals surface area contributed by atoms with Gasteiger partial charge in [-0.25, -0.2) is 0 Å². The van der Waals surface area contributed by atoms with E-state index >= 15 is 0 Å². The van der Waals surface area contributed by atoms with Gasteiger partial charge in [0.2, 0.25) is 0 Å². The molecule has 1 aromatic heterocycles. The summed E-state index contributed by atoms with van der Waals surface area (Å²) in [7, 11) is 1.88. The van der Waals surface area contributed by atoms with Crippen molar-refractivity contribution in [2.24, 2.45) is 0 Å². The van der Waals surface area contributed by atoms with E-state index in [0.29, 0.717) is 30.1 Å². The Labute approximate surface area is 126 Å². The van der Waals surface area contributed by atoms with Gasteiger partial charge in [-0.1, -0.05) is 0 Å². The zero-order valence-electron chi connectivity index (χ0n) is 12.4. The van der Waals surface area contributed by atoms with Gasteiger partial charge in [0.25, 0.3) is 0 Å². The number of aliphatic hydroxyl groups excluding tert-OH is 1. The van der Waals surface area contributed by atoms with Crippen LogP contribution in [0.5, 0.6) is 11.5 Å². The third-order valence-corrected chi connectivity index (χ3v) is 4.53. The fraction of sp³-hybridized carbons (Fsp3) is 0.438. The normalized spacial score (nSPS) is 27.5. The topological polar surface area (TPSA) is 83.1 Å². The molecule has 0 aliphatic carbocycles. The summed E-state index contributed by atoms with van der Waals surface area (Å²) in [5.74, 6) is 0.786. The van der Waals surface area contributed by atoms with Crippen LogP contribution in [0.25, 0.3) is 11.0 Å². The third-order valence-electron chi connectivity index (χ3n) is 4.53. The highest BCUT2D eigenvalue weighted by Gasteiger charge is 2.44. The highest BCUT2D eigenvalue weighted by Crippen LogP contribution is 2.49. The first-order valence-electron chi connectivity index (χ1n) is 7.31. The molecule has 2 aliphatic rings. The summed E-state index contributed by atoms with van der Waals surface area (Å²) in [5.41, 5.74) is 0.867. The number of hydrogen-bond acceptors (Lipinski definition) is 6. The van der Waals surface area contributed by atoms with Gasteiger partial charge in [-0.05, 0) is 20.4 Å². The lowest BCUT2D eigenvalue weighted by molar-refractivity contribution is -0.0351. The van der Waals surface area contributed by atoms with Crippen LogP contribution in [0, 0.1) is 6.92 Å². The number of aliphatic hydroxyl groups is 1. The molecule has 3 atom stereocenters. The van der Waals surface area contributed by atoms with Crippen molar-refractivity contribution in [1.82, 2.24) is 4.90 Å². The van der Waals surface area contributed by atoms with E-state index < -0.39 is 6.10 Å². The number of β-amino-alcohol motifs (C(OH)–C–C–N with tert-alkyl or cyclic N) is 1. The van der Waals surface area contributed by atoms with Crippen LogP contribution in [-0.4, -0.2) is 41.0 Å². The predicted octanol–water partition coefficient (Wildman–Crippen LogP) is 1.31. The number of hydrogen-bond donors (Lipinski definition) is 2. The van der Waals surface area contributed by atoms with E-state index in [2.05, 4.69) is 0 Å². The van der Waals surface area contributed by atoms with Crippen molar-refractivity contribution >= 4 is 11.0 Å². The molecule has 2 aromatic rings. The summed E-state index contributed by atoms with van der Waals surface area (Å²) >= 11 is 0. The van der Waals surface area contributed by atoms with Crippen molar-refractivity contribution in [3.05, 3.63) is 33.7 Å². The van der Waals surface area contributed by atoms with Gasteiger partial charge in [-0.15, -0.1) is 0 Å². The molecular formula is C16H17NO5. The van der Waals surface area contributed by atoms with E-state index in [-0.39, 0.29) is 28.7 Å². The number of phenolic OH excluding ortho intramolecular Hbond substituents is 1. The fourth-order valence-corrected chi connectivity index (χ4v) is 3.67. The van der Waals surface area contributed by atoms with Crippen molar-refractivity contribution in [1.29, 1.82) is 0 Å². The van der Waals surface area contributed by atoms with E-state index in [1.807, 2.05) is 11.9 Å². The lowest BCUT2D eigenvalue weighted by Crippen LogP contribution is -2.47. The molecule has 6 heteroatoms. The maximum Gasteiger partial charge on any atom is 0.196 e. The van der Waals surface area contributed by atoms with Crippen LogP contribution in [0.15, 0.2) is 21.3 Å². The molecule has 2 N–H and O–H groups in total. The molecule has 0 saturated carbocycles. The summed E-state index contributed by atoms with van der Waals surface area (Å²) in [5, 5.41) is 20.4. The van der Waals surface area contributed by atoms with E-state index in [9.17, 15) is 15.0 Å². The fourth-order valence-electron chi connectivity index (χ4n) is 3.67. The standard InChI is InChI=1S/C16H17NO5/c1-7-3-10(19)14-11(20)5-12-13(15(14)21-7)9-4-8(18)6-17(2)16(9)22-12/h3,5,8-9,16,18,20H,4,6H2,1-2H3/t8-,9-,16+/m0/s1. The van der Waals surface area contributed by atoms with Crippen LogP contribution >= 0.6 is 0 Å². The largest absolute Gasteiger partial charge is 0.507 e. The first kappa shape index (κ1) is 13.6. The second kappa shape index (κ2) is 4.47. The summed E-state index contributed by atoms with van der Waals surface area (Å²) in [4.78, 5) is 14.1. The van der Waals surface area contributed by atoms with Gasteiger partial charge in [0.05, 0.1) is 6.10 Å². The molecule has 0 amide bonds. The molecule has 116 valence electrons. The Bertz CT molecular complexity index is 827. The minimum Gasteiger partial charge on any atom is -0.507 e. The highest BCUT2D eigenvalue weighted by atomic mass is 16.5. The van der Waals surface area contributed by atoms with Crippen molar-refractivity contribution in [3.63, 3.8) is 0 Å². The summed E-state index contributed by atoms with van der Waals surface area (Å²) < 4.78 is 11.7. The van der Waals surface area contributed by atoms with Crippen LogP contribution in [0.2, 0.25) is 0 Å². The average molecular weight is 303 g/mol. The van der Waals surface area contributed by atoms with E-state index in [0.717, 1.165) is 5.56 Å². The van der Waals surface area contributed by atoms with Gasteiger partial charge in [0.1, 0.15) is 28.2 Å². The van der Waals surface area contributed by atoms with Gasteiger partial charge in [0.15, 0.2) is 11.7 Å². The molecule has 22 heavy (non-hydrogen) atoms. The van der Waals surface area contributed by atoms with E-state index in [4.69, 9.17) is 9.15 Å². The summed E-state index contributed by atoms with van der Waals surface area (Å²) in [6, 6.07) is 2.84. The summed E-state index contributed by atoms with van der Waals surface area (Å²) in [6.45, 7) is 2.23. The lowest BCUT2D eigenvalue weighted by Gasteiger charge is -2.36. The molecular weight excluding hydrogens is 286 g/mol. The molecule has 0 unspecified atom stereocenters. The van der Waals surface area contributed by atoms with E-state index in [1.54, 1.807) is 6.92 Å². The second-order valence-corrected chi connectivity index (χ2v) is 6.18. The van der Waals surface area contributed by atoms with Crippen LogP contribution in [0.3, 0.4) is 0 Å². The van der Waals surface area contributed by atoms with Gasteiger partial charge >= 0.3 is 0 Å². The van der Waals surface area contributed by atoms with Crippen LogP contribution in [0.4, 0.5) is 0 Å². The number of nitrogens with zero attached hydrogens (tertiary/aromatic N) is 1. The Balaban J connectivity index is 2.02. The predicted molar refractivity (Wildman–Crippen MR) is 79.3 cm³/mol. The quantitative estimate of drug-likeness (QED) is 0.763. The smallest absolute Gasteiger partial charge is 0.196 e. The molecule has 0 bridgehead atoms. The monoisotopic (exact) mass is 303 g/mol. The molecule has 6 nitrogen and oxygen atoms in total. The molecule has 4 rings (SSSR count). The first-order valence-corrected chi connectivity index (χ1v) is 7.31. The third kappa shape index (κ3) is 1.77. The van der Waals surface area contributed by atoms with Gasteiger partial charge in [-0.3, -0.25) is 9.69 Å². The van der Waals surface area contributed by atoms with Gasteiger partial charge in [0, 0.05) is 30.2 Å². The van der Waals surface area contributed by atoms with Crippen LogP contribution in [-0.2, 0) is 0 Å². The maximum absolute atomic E-state index is 12.2. The number of likely N-dealkylation sites (tertiary alicyclic amines) is 1. The molecule has 2 aliphatic heterocycles. The maximum atomic E-state index is 12.2. The molecule has 0 radical (unpaired) electrons. The van der Waals surface area contributed by atoms with Gasteiger partial charge < -0.3 is 19.4 Å². The minimum atomic E-state index is -0.457. The number of benzene rings is 1. The molecule has 1 saturated heterocycles. The molecule has 3 heterocycles. The van der Waals surface area contributed by atoms with Crippen molar-refractivity contribution < 1.29 is 19.4 Å². The van der Waals surface area contributed by atoms with E-state index in [1.165, 1.54) is 12.1 Å². The van der Waals surface area contributed by atoms with Gasteiger partial charge in [-0.2, -0.15) is 0 Å². The SMILES string of the molecule is Cc1cc(=O)c2c(O)cc3c(c2o1)[C@@H]1C[C@H](O)CN(C)[C@@H]1O3. The zero-order valence-corrected chi connectivity index (χ0v) is 12.4. The molecule has 1 aromatic carbocycles. The summed E-state index contributed by atoms with van der Waals surface area (Å²) in [6.07, 6.45) is -0.130. The Morgan fingerprint density at radius 3 is 2.91 bits per heavy atom. The number of aromatic hydroxyl groups is 1. The number of rotatable bonds is 0. The van der Waals surface area contributed by atoms with Crippen molar-refractivity contribution in [2.45, 2.75) is 31.6 Å². The lowest BCUT2D eigenvalue weighted by atomic mass is 9.88. The van der Waals surface area contributed by atoms with Crippen LogP contribution in [0.1, 0.15) is 23.7 Å². The van der Waals surface area contributed by atoms with Crippen LogP contribution < -0.4 is 10.2 Å².